The molecule has 2 aromatic carbocycles. The highest BCUT2D eigenvalue weighted by Crippen LogP contribution is 2.27. The minimum Gasteiger partial charge on any atom is -0.364 e. The van der Waals surface area contributed by atoms with Crippen LogP contribution in [-0.4, -0.2) is 25.5 Å². The minimum absolute atomic E-state index is 0.0312. The zero-order chi connectivity index (χ0) is 20.5. The van der Waals surface area contributed by atoms with Gasteiger partial charge in [0, 0.05) is 17.6 Å². The van der Waals surface area contributed by atoms with Gasteiger partial charge in [-0.15, -0.1) is 0 Å². The number of carbonyl (C=O) groups excluding carboxylic acids is 1. The maximum absolute atomic E-state index is 14.2. The molecule has 0 aliphatic carbocycles. The molecule has 1 amide bonds. The van der Waals surface area contributed by atoms with E-state index in [1.807, 2.05) is 37.3 Å². The fraction of sp³-hybridized carbons (Fsp3) is 0.0500. The van der Waals surface area contributed by atoms with Crippen LogP contribution in [0.3, 0.4) is 0 Å². The second-order valence-corrected chi connectivity index (χ2v) is 6.73. The van der Waals surface area contributed by atoms with Crippen molar-refractivity contribution in [3.8, 4) is 11.4 Å². The van der Waals surface area contributed by atoms with Crippen LogP contribution in [0.1, 0.15) is 16.2 Å². The largest absolute Gasteiger partial charge is 0.364 e. The van der Waals surface area contributed by atoms with E-state index >= 15 is 0 Å². The van der Waals surface area contributed by atoms with Gasteiger partial charge in [-0.2, -0.15) is 10.2 Å². The van der Waals surface area contributed by atoms with E-state index in [1.54, 1.807) is 10.9 Å². The summed E-state index contributed by atoms with van der Waals surface area (Å²) in [5, 5.41) is 11.6. The van der Waals surface area contributed by atoms with E-state index in [2.05, 4.69) is 15.5 Å². The molecule has 3 N–H and O–H groups in total. The Bertz CT molecular complexity index is 1180. The summed E-state index contributed by atoms with van der Waals surface area (Å²) < 4.78 is 17.2. The van der Waals surface area contributed by atoms with Gasteiger partial charge in [0.05, 0.1) is 22.6 Å². The van der Waals surface area contributed by atoms with Gasteiger partial charge >= 0.3 is 0 Å². The minimum atomic E-state index is -0.748. The van der Waals surface area contributed by atoms with Crippen LogP contribution in [0.2, 0.25) is 5.02 Å². The van der Waals surface area contributed by atoms with Crippen LogP contribution >= 0.6 is 11.6 Å². The molecule has 0 atom stereocenters. The molecule has 29 heavy (non-hydrogen) atoms. The number of aryl methyl sites for hydroxylation is 1. The van der Waals surface area contributed by atoms with E-state index in [4.69, 9.17) is 17.3 Å². The first-order valence-corrected chi connectivity index (χ1v) is 9.04. The summed E-state index contributed by atoms with van der Waals surface area (Å²) in [5.41, 5.74) is 8.38. The van der Waals surface area contributed by atoms with Gasteiger partial charge in [-0.05, 0) is 49.4 Å². The Morgan fingerprint density at radius 3 is 2.55 bits per heavy atom. The van der Waals surface area contributed by atoms with E-state index in [-0.39, 0.29) is 16.4 Å². The predicted octanol–water partition coefficient (Wildman–Crippen LogP) is 4.00. The number of rotatable bonds is 5. The maximum Gasteiger partial charge on any atom is 0.271 e. The fourth-order valence-electron chi connectivity index (χ4n) is 2.95. The molecule has 0 bridgehead atoms. The molecule has 0 aliphatic rings. The van der Waals surface area contributed by atoms with Gasteiger partial charge in [-0.1, -0.05) is 17.7 Å². The Balaban J connectivity index is 1.67. The number of halogens is 2. The third-order valence-electron chi connectivity index (χ3n) is 4.34. The van der Waals surface area contributed by atoms with Gasteiger partial charge < -0.3 is 11.1 Å². The lowest BCUT2D eigenvalue weighted by molar-refractivity contribution is 0.0996. The summed E-state index contributed by atoms with van der Waals surface area (Å²) in [4.78, 5) is 11.8. The van der Waals surface area contributed by atoms with Gasteiger partial charge in [0.2, 0.25) is 0 Å². The lowest BCUT2D eigenvalue weighted by Crippen LogP contribution is -2.14. The topological polar surface area (TPSA) is 90.8 Å². The van der Waals surface area contributed by atoms with Gasteiger partial charge in [0.15, 0.2) is 5.69 Å². The van der Waals surface area contributed by atoms with Crippen molar-refractivity contribution in [2.75, 3.05) is 5.32 Å². The summed E-state index contributed by atoms with van der Waals surface area (Å²) in [6.45, 7) is 1.96. The van der Waals surface area contributed by atoms with Gasteiger partial charge in [-0.25, -0.2) is 13.8 Å². The van der Waals surface area contributed by atoms with Gasteiger partial charge in [-0.3, -0.25) is 4.79 Å². The molecule has 4 rings (SSSR count). The zero-order valence-electron chi connectivity index (χ0n) is 15.3. The molecule has 4 aromatic rings. The number of benzene rings is 2. The Morgan fingerprint density at radius 1 is 1.17 bits per heavy atom. The standard InChI is InChI=1S/C20H16ClFN6O/c1-12-9-10-24-28(12)14-7-5-13(6-8-14)25-17-11-27(26-18(17)20(23)29)19-15(21)3-2-4-16(19)22/h2-11,25H,1H3,(H2,23,29). The number of primary amides is 1. The SMILES string of the molecule is Cc1ccnn1-c1ccc(Nc2cn(-c3c(F)cccc3Cl)nc2C(N)=O)cc1. The summed E-state index contributed by atoms with van der Waals surface area (Å²) in [6.07, 6.45) is 3.19. The lowest BCUT2D eigenvalue weighted by Gasteiger charge is -2.08. The van der Waals surface area contributed by atoms with E-state index in [1.165, 1.54) is 29.1 Å². The molecule has 9 heteroatoms. The van der Waals surface area contributed by atoms with Crippen molar-refractivity contribution < 1.29 is 9.18 Å². The second-order valence-electron chi connectivity index (χ2n) is 6.33. The molecule has 0 spiro atoms. The summed E-state index contributed by atoms with van der Waals surface area (Å²) in [5.74, 6) is -1.32. The molecule has 2 aromatic heterocycles. The summed E-state index contributed by atoms with van der Waals surface area (Å²) >= 11 is 6.10. The molecular formula is C20H16ClFN6O. The van der Waals surface area contributed by atoms with Crippen molar-refractivity contribution in [1.82, 2.24) is 19.6 Å². The molecule has 0 aliphatic heterocycles. The van der Waals surface area contributed by atoms with Crippen LogP contribution in [-0.2, 0) is 0 Å². The Morgan fingerprint density at radius 2 is 1.93 bits per heavy atom. The number of nitrogens with two attached hydrogens (primary N) is 1. The van der Waals surface area contributed by atoms with Crippen LogP contribution < -0.4 is 11.1 Å². The monoisotopic (exact) mass is 410 g/mol. The Labute approximate surface area is 170 Å². The Kier molecular flexibility index (Phi) is 4.77. The van der Waals surface area contributed by atoms with Crippen LogP contribution in [0.25, 0.3) is 11.4 Å². The number of nitrogens with zero attached hydrogens (tertiary/aromatic N) is 4. The van der Waals surface area contributed by atoms with Crippen molar-refractivity contribution in [3.63, 3.8) is 0 Å². The number of nitrogens with one attached hydrogen (secondary N) is 1. The fourth-order valence-corrected chi connectivity index (χ4v) is 3.20. The summed E-state index contributed by atoms with van der Waals surface area (Å²) in [6, 6.07) is 13.6. The zero-order valence-corrected chi connectivity index (χ0v) is 16.1. The Hall–Kier alpha value is -3.65. The third kappa shape index (κ3) is 3.57. The number of carbonyl (C=O) groups is 1. The van der Waals surface area contributed by atoms with Crippen LogP contribution in [0.15, 0.2) is 60.9 Å². The average Bonchev–Trinajstić information content (AvgIpc) is 3.29. The quantitative estimate of drug-likeness (QED) is 0.520. The van der Waals surface area contributed by atoms with Crippen LogP contribution in [0, 0.1) is 12.7 Å². The van der Waals surface area contributed by atoms with Gasteiger partial charge in [0.1, 0.15) is 11.5 Å². The number of aromatic nitrogens is 4. The number of amides is 1. The van der Waals surface area contributed by atoms with Crippen molar-refractivity contribution in [3.05, 3.63) is 83.2 Å². The van der Waals surface area contributed by atoms with Crippen molar-refractivity contribution in [2.24, 2.45) is 5.73 Å². The normalized spacial score (nSPS) is 10.9. The van der Waals surface area contributed by atoms with Crippen LogP contribution in [0.4, 0.5) is 15.8 Å². The third-order valence-corrected chi connectivity index (χ3v) is 4.64. The molecule has 0 saturated carbocycles. The highest BCUT2D eigenvalue weighted by molar-refractivity contribution is 6.32. The molecule has 0 unspecified atom stereocenters. The molecule has 0 radical (unpaired) electrons. The highest BCUT2D eigenvalue weighted by Gasteiger charge is 2.18. The van der Waals surface area contributed by atoms with E-state index in [0.29, 0.717) is 11.4 Å². The van der Waals surface area contributed by atoms with Crippen molar-refractivity contribution in [2.45, 2.75) is 6.92 Å². The first-order chi connectivity index (χ1) is 13.9. The van der Waals surface area contributed by atoms with E-state index in [9.17, 15) is 9.18 Å². The number of hydrogen-bond donors (Lipinski definition) is 2. The van der Waals surface area contributed by atoms with E-state index < -0.39 is 11.7 Å². The lowest BCUT2D eigenvalue weighted by atomic mass is 10.2. The molecular weight excluding hydrogens is 395 g/mol. The highest BCUT2D eigenvalue weighted by atomic mass is 35.5. The molecule has 146 valence electrons. The molecule has 0 fully saturated rings. The smallest absolute Gasteiger partial charge is 0.271 e. The number of hydrogen-bond acceptors (Lipinski definition) is 4. The van der Waals surface area contributed by atoms with E-state index in [0.717, 1.165) is 11.4 Å². The first kappa shape index (κ1) is 18.7. The van der Waals surface area contributed by atoms with Gasteiger partial charge in [0.25, 0.3) is 5.91 Å². The molecule has 2 heterocycles. The van der Waals surface area contributed by atoms with Crippen LogP contribution in [0.5, 0.6) is 0 Å². The first-order valence-electron chi connectivity index (χ1n) is 8.66. The van der Waals surface area contributed by atoms with Crippen molar-refractivity contribution >= 4 is 28.9 Å². The number of anilines is 2. The average molecular weight is 411 g/mol. The summed E-state index contributed by atoms with van der Waals surface area (Å²) in [7, 11) is 0. The molecule has 0 saturated heterocycles. The second kappa shape index (κ2) is 7.40. The maximum atomic E-state index is 14.2. The van der Waals surface area contributed by atoms with Crippen molar-refractivity contribution in [1.29, 1.82) is 0 Å². The predicted molar refractivity (Wildman–Crippen MR) is 109 cm³/mol. The number of para-hydroxylation sites is 1. The molecule has 7 nitrogen and oxygen atoms in total.